The van der Waals surface area contributed by atoms with Gasteiger partial charge in [-0.3, -0.25) is 9.69 Å². The van der Waals surface area contributed by atoms with Gasteiger partial charge in [0.05, 0.1) is 13.2 Å². The summed E-state index contributed by atoms with van der Waals surface area (Å²) in [6, 6.07) is 8.17. The van der Waals surface area contributed by atoms with E-state index in [0.29, 0.717) is 19.8 Å². The van der Waals surface area contributed by atoms with Crippen molar-refractivity contribution in [2.75, 3.05) is 32.8 Å². The second-order valence-corrected chi connectivity index (χ2v) is 6.05. The zero-order chi connectivity index (χ0) is 15.2. The normalized spacial score (nSPS) is 22.6. The quantitative estimate of drug-likeness (QED) is 0.848. The Morgan fingerprint density at radius 3 is 2.77 bits per heavy atom. The van der Waals surface area contributed by atoms with Gasteiger partial charge in [0.15, 0.2) is 0 Å². The van der Waals surface area contributed by atoms with Crippen molar-refractivity contribution in [1.82, 2.24) is 15.5 Å². The second kappa shape index (κ2) is 7.72. The van der Waals surface area contributed by atoms with Crippen LogP contribution < -0.4 is 10.6 Å². The van der Waals surface area contributed by atoms with Gasteiger partial charge in [0.1, 0.15) is 6.04 Å². The molecule has 22 heavy (non-hydrogen) atoms. The highest BCUT2D eigenvalue weighted by Gasteiger charge is 2.21. The molecule has 120 valence electrons. The minimum absolute atomic E-state index is 0.0238. The average molecular weight is 303 g/mol. The van der Waals surface area contributed by atoms with E-state index in [1.807, 2.05) is 6.07 Å². The third-order valence-electron chi connectivity index (χ3n) is 4.40. The van der Waals surface area contributed by atoms with Crippen LogP contribution in [0.15, 0.2) is 24.3 Å². The summed E-state index contributed by atoms with van der Waals surface area (Å²) in [6.07, 6.45) is 2.60. The minimum atomic E-state index is -0.223. The second-order valence-electron chi connectivity index (χ2n) is 6.05. The van der Waals surface area contributed by atoms with Crippen molar-refractivity contribution in [3.8, 4) is 0 Å². The summed E-state index contributed by atoms with van der Waals surface area (Å²) in [5.41, 5.74) is 2.53. The van der Waals surface area contributed by atoms with E-state index < -0.39 is 0 Å². The summed E-state index contributed by atoms with van der Waals surface area (Å²) < 4.78 is 5.34. The molecule has 2 fully saturated rings. The van der Waals surface area contributed by atoms with Crippen LogP contribution in [0.5, 0.6) is 0 Å². The van der Waals surface area contributed by atoms with Gasteiger partial charge in [0.2, 0.25) is 5.91 Å². The predicted molar refractivity (Wildman–Crippen MR) is 85.4 cm³/mol. The average Bonchev–Trinajstić information content (AvgIpc) is 3.07. The molecule has 0 aromatic heterocycles. The lowest BCUT2D eigenvalue weighted by molar-refractivity contribution is -0.126. The van der Waals surface area contributed by atoms with Crippen molar-refractivity contribution >= 4 is 5.91 Å². The molecular weight excluding hydrogens is 278 g/mol. The molecule has 2 aliphatic rings. The number of hydrogen-bond acceptors (Lipinski definition) is 4. The molecule has 1 unspecified atom stereocenters. The molecule has 0 aliphatic carbocycles. The molecule has 0 radical (unpaired) electrons. The van der Waals surface area contributed by atoms with Crippen LogP contribution in [0.2, 0.25) is 0 Å². The molecule has 3 rings (SSSR count). The summed E-state index contributed by atoms with van der Waals surface area (Å²) in [6.45, 7) is 5.82. The topological polar surface area (TPSA) is 53.6 Å². The molecule has 2 heterocycles. The summed E-state index contributed by atoms with van der Waals surface area (Å²) in [5, 5.41) is 6.22. The maximum atomic E-state index is 12.2. The fourth-order valence-corrected chi connectivity index (χ4v) is 3.11. The number of morpholine rings is 1. The third-order valence-corrected chi connectivity index (χ3v) is 4.40. The highest BCUT2D eigenvalue weighted by atomic mass is 16.5. The number of rotatable bonds is 5. The zero-order valence-electron chi connectivity index (χ0n) is 13.0. The molecule has 0 bridgehead atoms. The van der Waals surface area contributed by atoms with Crippen LogP contribution in [-0.4, -0.2) is 49.7 Å². The van der Waals surface area contributed by atoms with Gasteiger partial charge in [-0.2, -0.15) is 0 Å². The lowest BCUT2D eigenvalue weighted by Gasteiger charge is -2.23. The van der Waals surface area contributed by atoms with Gasteiger partial charge in [0.25, 0.3) is 0 Å². The van der Waals surface area contributed by atoms with Crippen molar-refractivity contribution < 1.29 is 9.53 Å². The first-order chi connectivity index (χ1) is 10.8. The largest absolute Gasteiger partial charge is 0.378 e. The Morgan fingerprint density at radius 2 is 2.05 bits per heavy atom. The first kappa shape index (κ1) is 15.5. The molecule has 2 saturated heterocycles. The molecule has 2 aliphatic heterocycles. The standard InChI is InChI=1S/C17H25N3O2/c21-17(16-13-22-10-7-18-16)19-11-14-5-1-2-6-15(14)12-20-8-3-4-9-20/h1-2,5-6,16,18H,3-4,7-13H2,(H,19,21). The van der Waals surface area contributed by atoms with Crippen molar-refractivity contribution in [3.05, 3.63) is 35.4 Å². The van der Waals surface area contributed by atoms with Crippen LogP contribution in [-0.2, 0) is 22.6 Å². The van der Waals surface area contributed by atoms with E-state index in [0.717, 1.165) is 13.1 Å². The molecular formula is C17H25N3O2. The van der Waals surface area contributed by atoms with Crippen molar-refractivity contribution in [2.24, 2.45) is 0 Å². The number of likely N-dealkylation sites (tertiary alicyclic amines) is 1. The number of amides is 1. The Balaban J connectivity index is 1.56. The number of carbonyl (C=O) groups is 1. The summed E-state index contributed by atoms with van der Waals surface area (Å²) >= 11 is 0. The lowest BCUT2D eigenvalue weighted by Crippen LogP contribution is -2.51. The van der Waals surface area contributed by atoms with Gasteiger partial charge in [-0.1, -0.05) is 24.3 Å². The molecule has 1 aromatic rings. The zero-order valence-corrected chi connectivity index (χ0v) is 13.0. The molecule has 1 amide bonds. The van der Waals surface area contributed by atoms with Crippen LogP contribution in [0.25, 0.3) is 0 Å². The van der Waals surface area contributed by atoms with E-state index in [-0.39, 0.29) is 11.9 Å². The fraction of sp³-hybridized carbons (Fsp3) is 0.588. The van der Waals surface area contributed by atoms with E-state index >= 15 is 0 Å². The Morgan fingerprint density at radius 1 is 1.27 bits per heavy atom. The van der Waals surface area contributed by atoms with E-state index in [9.17, 15) is 4.79 Å². The molecule has 1 atom stereocenters. The van der Waals surface area contributed by atoms with Crippen LogP contribution in [0, 0.1) is 0 Å². The van der Waals surface area contributed by atoms with Gasteiger partial charge >= 0.3 is 0 Å². The van der Waals surface area contributed by atoms with Gasteiger partial charge < -0.3 is 15.4 Å². The Hall–Kier alpha value is -1.43. The van der Waals surface area contributed by atoms with Crippen LogP contribution in [0.1, 0.15) is 24.0 Å². The Kier molecular flexibility index (Phi) is 5.43. The van der Waals surface area contributed by atoms with E-state index in [2.05, 4.69) is 33.7 Å². The summed E-state index contributed by atoms with van der Waals surface area (Å²) in [4.78, 5) is 14.6. The minimum Gasteiger partial charge on any atom is -0.378 e. The number of hydrogen-bond donors (Lipinski definition) is 2. The van der Waals surface area contributed by atoms with Gasteiger partial charge in [-0.25, -0.2) is 0 Å². The highest BCUT2D eigenvalue weighted by molar-refractivity contribution is 5.82. The monoisotopic (exact) mass is 303 g/mol. The van der Waals surface area contributed by atoms with Gasteiger partial charge in [-0.05, 0) is 37.1 Å². The number of carbonyl (C=O) groups excluding carboxylic acids is 1. The first-order valence-corrected chi connectivity index (χ1v) is 8.21. The number of benzene rings is 1. The van der Waals surface area contributed by atoms with Crippen LogP contribution >= 0.6 is 0 Å². The molecule has 0 spiro atoms. The highest BCUT2D eigenvalue weighted by Crippen LogP contribution is 2.16. The summed E-state index contributed by atoms with van der Waals surface area (Å²) in [5.74, 6) is 0.0238. The van der Waals surface area contributed by atoms with Gasteiger partial charge in [0, 0.05) is 19.6 Å². The molecule has 5 nitrogen and oxygen atoms in total. The maximum absolute atomic E-state index is 12.2. The van der Waals surface area contributed by atoms with E-state index in [1.54, 1.807) is 0 Å². The van der Waals surface area contributed by atoms with E-state index in [1.165, 1.54) is 37.1 Å². The number of nitrogens with zero attached hydrogens (tertiary/aromatic N) is 1. The van der Waals surface area contributed by atoms with Crippen molar-refractivity contribution in [3.63, 3.8) is 0 Å². The third kappa shape index (κ3) is 4.06. The van der Waals surface area contributed by atoms with Crippen LogP contribution in [0.3, 0.4) is 0 Å². The number of ether oxygens (including phenoxy) is 1. The van der Waals surface area contributed by atoms with Crippen molar-refractivity contribution in [2.45, 2.75) is 32.0 Å². The molecule has 1 aromatic carbocycles. The van der Waals surface area contributed by atoms with Crippen LogP contribution in [0.4, 0.5) is 0 Å². The fourth-order valence-electron chi connectivity index (χ4n) is 3.11. The predicted octanol–water partition coefficient (Wildman–Crippen LogP) is 0.887. The summed E-state index contributed by atoms with van der Waals surface area (Å²) in [7, 11) is 0. The Labute approximate surface area is 132 Å². The van der Waals surface area contributed by atoms with Gasteiger partial charge in [-0.15, -0.1) is 0 Å². The smallest absolute Gasteiger partial charge is 0.239 e. The number of nitrogens with one attached hydrogen (secondary N) is 2. The molecule has 0 saturated carbocycles. The van der Waals surface area contributed by atoms with E-state index in [4.69, 9.17) is 4.74 Å². The molecule has 2 N–H and O–H groups in total. The lowest BCUT2D eigenvalue weighted by atomic mass is 10.1. The molecule has 5 heteroatoms. The SMILES string of the molecule is O=C(NCc1ccccc1CN1CCCC1)C1COCCN1. The Bertz CT molecular complexity index is 494. The maximum Gasteiger partial charge on any atom is 0.239 e. The first-order valence-electron chi connectivity index (χ1n) is 8.21. The van der Waals surface area contributed by atoms with Crippen molar-refractivity contribution in [1.29, 1.82) is 0 Å².